The number of nitrogens with one attached hydrogen (secondary N) is 1. The SMILES string of the molecule is CCn1nc(C)c(Br)c1CNC(CCO)C(C)C. The number of aromatic nitrogens is 2. The summed E-state index contributed by atoms with van der Waals surface area (Å²) in [5, 5.41) is 17.1. The van der Waals surface area contributed by atoms with Crippen molar-refractivity contribution in [3.05, 3.63) is 15.9 Å². The molecule has 104 valence electrons. The van der Waals surface area contributed by atoms with Gasteiger partial charge in [-0.2, -0.15) is 5.10 Å². The first-order valence-electron chi connectivity index (χ1n) is 6.57. The first-order valence-corrected chi connectivity index (χ1v) is 7.36. The van der Waals surface area contributed by atoms with Gasteiger partial charge in [-0.1, -0.05) is 13.8 Å². The largest absolute Gasteiger partial charge is 0.396 e. The summed E-state index contributed by atoms with van der Waals surface area (Å²) in [6.45, 7) is 10.3. The summed E-state index contributed by atoms with van der Waals surface area (Å²) in [6, 6.07) is 0.336. The summed E-state index contributed by atoms with van der Waals surface area (Å²) in [5.74, 6) is 0.509. The quantitative estimate of drug-likeness (QED) is 0.812. The third kappa shape index (κ3) is 3.80. The Morgan fingerprint density at radius 3 is 2.61 bits per heavy atom. The zero-order valence-electron chi connectivity index (χ0n) is 11.7. The van der Waals surface area contributed by atoms with Crippen LogP contribution in [0.4, 0.5) is 0 Å². The lowest BCUT2D eigenvalue weighted by Crippen LogP contribution is -2.35. The molecule has 0 bridgehead atoms. The van der Waals surface area contributed by atoms with E-state index in [1.807, 2.05) is 11.6 Å². The van der Waals surface area contributed by atoms with E-state index < -0.39 is 0 Å². The van der Waals surface area contributed by atoms with Gasteiger partial charge in [0.2, 0.25) is 0 Å². The van der Waals surface area contributed by atoms with E-state index in [0.29, 0.717) is 12.0 Å². The summed E-state index contributed by atoms with van der Waals surface area (Å²) < 4.78 is 3.10. The van der Waals surface area contributed by atoms with Gasteiger partial charge >= 0.3 is 0 Å². The van der Waals surface area contributed by atoms with E-state index in [4.69, 9.17) is 5.11 Å². The molecule has 0 radical (unpaired) electrons. The van der Waals surface area contributed by atoms with Crippen molar-refractivity contribution in [2.24, 2.45) is 5.92 Å². The number of nitrogens with zero attached hydrogens (tertiary/aromatic N) is 2. The zero-order chi connectivity index (χ0) is 13.7. The lowest BCUT2D eigenvalue weighted by atomic mass is 10.0. The maximum atomic E-state index is 9.08. The molecule has 1 unspecified atom stereocenters. The fraction of sp³-hybridized carbons (Fsp3) is 0.769. The van der Waals surface area contributed by atoms with Gasteiger partial charge in [-0.3, -0.25) is 4.68 Å². The molecule has 2 N–H and O–H groups in total. The lowest BCUT2D eigenvalue weighted by molar-refractivity contribution is 0.243. The minimum absolute atomic E-state index is 0.225. The van der Waals surface area contributed by atoms with Crippen molar-refractivity contribution in [3.8, 4) is 0 Å². The monoisotopic (exact) mass is 317 g/mol. The van der Waals surface area contributed by atoms with Gasteiger partial charge in [0, 0.05) is 25.7 Å². The highest BCUT2D eigenvalue weighted by Crippen LogP contribution is 2.21. The van der Waals surface area contributed by atoms with Crippen LogP contribution in [-0.2, 0) is 13.1 Å². The topological polar surface area (TPSA) is 50.1 Å². The van der Waals surface area contributed by atoms with E-state index in [1.54, 1.807) is 0 Å². The Labute approximate surface area is 118 Å². The van der Waals surface area contributed by atoms with Gasteiger partial charge < -0.3 is 10.4 Å². The summed E-state index contributed by atoms with van der Waals surface area (Å²) in [5.41, 5.74) is 2.20. The van der Waals surface area contributed by atoms with Crippen LogP contribution in [0, 0.1) is 12.8 Å². The molecule has 1 aromatic rings. The summed E-state index contributed by atoms with van der Waals surface area (Å²) in [7, 11) is 0. The maximum Gasteiger partial charge on any atom is 0.0739 e. The van der Waals surface area contributed by atoms with Crippen LogP contribution in [0.3, 0.4) is 0 Å². The molecule has 5 heteroatoms. The van der Waals surface area contributed by atoms with Gasteiger partial charge in [0.05, 0.1) is 15.9 Å². The number of aryl methyl sites for hydroxylation is 2. The zero-order valence-corrected chi connectivity index (χ0v) is 13.3. The molecule has 0 aliphatic heterocycles. The average molecular weight is 318 g/mol. The Hall–Kier alpha value is -0.390. The van der Waals surface area contributed by atoms with Crippen LogP contribution in [0.15, 0.2) is 4.47 Å². The van der Waals surface area contributed by atoms with Crippen LogP contribution in [0.25, 0.3) is 0 Å². The van der Waals surface area contributed by atoms with Gasteiger partial charge in [0.1, 0.15) is 0 Å². The molecule has 0 amide bonds. The fourth-order valence-corrected chi connectivity index (χ4v) is 2.50. The molecule has 1 rings (SSSR count). The summed E-state index contributed by atoms with van der Waals surface area (Å²) in [6.07, 6.45) is 0.786. The third-order valence-corrected chi connectivity index (χ3v) is 4.26. The number of hydrogen-bond acceptors (Lipinski definition) is 3. The van der Waals surface area contributed by atoms with Crippen molar-refractivity contribution in [3.63, 3.8) is 0 Å². The van der Waals surface area contributed by atoms with Crippen LogP contribution in [0.5, 0.6) is 0 Å². The molecule has 0 aliphatic rings. The Morgan fingerprint density at radius 1 is 1.44 bits per heavy atom. The van der Waals surface area contributed by atoms with Crippen molar-refractivity contribution < 1.29 is 5.11 Å². The van der Waals surface area contributed by atoms with Crippen LogP contribution in [-0.4, -0.2) is 27.5 Å². The molecule has 0 saturated heterocycles. The van der Waals surface area contributed by atoms with Gasteiger partial charge in [-0.25, -0.2) is 0 Å². The molecule has 0 aliphatic carbocycles. The van der Waals surface area contributed by atoms with Crippen molar-refractivity contribution in [1.82, 2.24) is 15.1 Å². The molecule has 1 atom stereocenters. The number of halogens is 1. The molecule has 0 fully saturated rings. The highest BCUT2D eigenvalue weighted by Gasteiger charge is 2.16. The van der Waals surface area contributed by atoms with Crippen LogP contribution in [0.2, 0.25) is 0 Å². The Bertz CT molecular complexity index is 377. The first kappa shape index (κ1) is 15.7. The standard InChI is InChI=1S/C13H24BrN3O/c1-5-17-12(13(14)10(4)16-17)8-15-11(6-7-18)9(2)3/h9,11,15,18H,5-8H2,1-4H3. The number of rotatable bonds is 7. The summed E-state index contributed by atoms with van der Waals surface area (Å²) in [4.78, 5) is 0. The third-order valence-electron chi connectivity index (χ3n) is 3.23. The average Bonchev–Trinajstić information content (AvgIpc) is 2.60. The van der Waals surface area contributed by atoms with Crippen molar-refractivity contribution in [1.29, 1.82) is 0 Å². The summed E-state index contributed by atoms with van der Waals surface area (Å²) >= 11 is 3.60. The highest BCUT2D eigenvalue weighted by molar-refractivity contribution is 9.10. The number of aliphatic hydroxyl groups excluding tert-OH is 1. The van der Waals surface area contributed by atoms with E-state index in [9.17, 15) is 0 Å². The molecular weight excluding hydrogens is 294 g/mol. The second-order valence-corrected chi connectivity index (χ2v) is 5.70. The predicted molar refractivity (Wildman–Crippen MR) is 77.5 cm³/mol. The normalized spacial score (nSPS) is 13.3. The van der Waals surface area contributed by atoms with E-state index >= 15 is 0 Å². The van der Waals surface area contributed by atoms with E-state index in [0.717, 1.165) is 29.7 Å². The number of aliphatic hydroxyl groups is 1. The Morgan fingerprint density at radius 2 is 2.11 bits per heavy atom. The smallest absolute Gasteiger partial charge is 0.0739 e. The fourth-order valence-electron chi connectivity index (χ4n) is 2.08. The van der Waals surface area contributed by atoms with Crippen molar-refractivity contribution >= 4 is 15.9 Å². The lowest BCUT2D eigenvalue weighted by Gasteiger charge is -2.22. The van der Waals surface area contributed by atoms with Crippen LogP contribution < -0.4 is 5.32 Å². The van der Waals surface area contributed by atoms with Gasteiger partial charge in [0.15, 0.2) is 0 Å². The van der Waals surface area contributed by atoms with Crippen LogP contribution in [0.1, 0.15) is 38.6 Å². The van der Waals surface area contributed by atoms with Crippen LogP contribution >= 0.6 is 15.9 Å². The van der Waals surface area contributed by atoms with Gasteiger partial charge in [0.25, 0.3) is 0 Å². The Balaban J connectivity index is 2.72. The molecular formula is C13H24BrN3O. The Kier molecular flexibility index (Phi) is 6.32. The van der Waals surface area contributed by atoms with Crippen molar-refractivity contribution in [2.75, 3.05) is 6.61 Å². The van der Waals surface area contributed by atoms with E-state index in [2.05, 4.69) is 47.1 Å². The van der Waals surface area contributed by atoms with E-state index in [1.165, 1.54) is 5.69 Å². The highest BCUT2D eigenvalue weighted by atomic mass is 79.9. The minimum atomic E-state index is 0.225. The first-order chi connectivity index (χ1) is 8.51. The molecule has 1 heterocycles. The van der Waals surface area contributed by atoms with Crippen molar-refractivity contribution in [2.45, 2.75) is 53.2 Å². The van der Waals surface area contributed by atoms with E-state index in [-0.39, 0.29) is 6.61 Å². The molecule has 0 saturated carbocycles. The molecule has 4 nitrogen and oxygen atoms in total. The molecule has 18 heavy (non-hydrogen) atoms. The maximum absolute atomic E-state index is 9.08. The molecule has 0 spiro atoms. The predicted octanol–water partition coefficient (Wildman–Crippen LogP) is 2.47. The van der Waals surface area contributed by atoms with Gasteiger partial charge in [-0.15, -0.1) is 0 Å². The second-order valence-electron chi connectivity index (χ2n) is 4.91. The second kappa shape index (κ2) is 7.26. The number of hydrogen-bond donors (Lipinski definition) is 2. The minimum Gasteiger partial charge on any atom is -0.396 e. The molecule has 0 aromatic carbocycles. The van der Waals surface area contributed by atoms with Gasteiger partial charge in [-0.05, 0) is 42.1 Å². The molecule has 1 aromatic heterocycles.